The van der Waals surface area contributed by atoms with Crippen LogP contribution >= 0.6 is 11.3 Å². The van der Waals surface area contributed by atoms with Gasteiger partial charge in [0.15, 0.2) is 0 Å². The number of hydrogen-bond acceptors (Lipinski definition) is 3. The summed E-state index contributed by atoms with van der Waals surface area (Å²) in [4.78, 5) is 6.29. The largest absolute Gasteiger partial charge is 0.309 e. The Morgan fingerprint density at radius 3 is 2.55 bits per heavy atom. The van der Waals surface area contributed by atoms with E-state index in [4.69, 9.17) is 4.98 Å². The fourth-order valence-electron chi connectivity index (χ4n) is 2.29. The average Bonchev–Trinajstić information content (AvgIpc) is 3.15. The molecule has 3 heteroatoms. The number of benzene rings is 1. The van der Waals surface area contributed by atoms with Gasteiger partial charge in [0.1, 0.15) is 5.01 Å². The topological polar surface area (TPSA) is 24.9 Å². The molecule has 1 aromatic heterocycles. The second-order valence-corrected chi connectivity index (χ2v) is 7.09. The number of rotatable bonds is 5. The van der Waals surface area contributed by atoms with Crippen LogP contribution in [-0.2, 0) is 6.54 Å². The van der Waals surface area contributed by atoms with Crippen molar-refractivity contribution >= 4 is 11.3 Å². The van der Waals surface area contributed by atoms with Crippen molar-refractivity contribution in [1.29, 1.82) is 0 Å². The summed E-state index contributed by atoms with van der Waals surface area (Å²) in [7, 11) is 0. The van der Waals surface area contributed by atoms with Gasteiger partial charge >= 0.3 is 0 Å². The maximum atomic E-state index is 4.89. The lowest BCUT2D eigenvalue weighted by atomic mass is 10.1. The summed E-state index contributed by atoms with van der Waals surface area (Å²) >= 11 is 1.84. The quantitative estimate of drug-likeness (QED) is 0.875. The minimum atomic E-state index is 0.487. The molecule has 0 radical (unpaired) electrons. The lowest BCUT2D eigenvalue weighted by Crippen LogP contribution is -2.15. The highest BCUT2D eigenvalue weighted by atomic mass is 32.1. The van der Waals surface area contributed by atoms with Crippen molar-refractivity contribution in [2.24, 2.45) is 0 Å². The van der Waals surface area contributed by atoms with Crippen molar-refractivity contribution in [3.05, 3.63) is 40.4 Å². The second-order valence-electron chi connectivity index (χ2n) is 6.00. The standard InChI is InChI=1S/C17H22N2S/c1-11(2)16-15(10-18-14-8-9-14)20-17(19-16)13-6-4-12(3)5-7-13/h4-7,11,14,18H,8-10H2,1-3H3. The summed E-state index contributed by atoms with van der Waals surface area (Å²) in [6.45, 7) is 7.56. The Morgan fingerprint density at radius 1 is 1.25 bits per heavy atom. The molecule has 1 N–H and O–H groups in total. The number of thiazole rings is 1. The van der Waals surface area contributed by atoms with E-state index in [1.54, 1.807) is 0 Å². The van der Waals surface area contributed by atoms with Gasteiger partial charge in [0.05, 0.1) is 5.69 Å². The zero-order valence-electron chi connectivity index (χ0n) is 12.4. The molecule has 0 bridgehead atoms. The number of aryl methyl sites for hydroxylation is 1. The molecule has 0 saturated heterocycles. The van der Waals surface area contributed by atoms with Crippen LogP contribution in [0.3, 0.4) is 0 Å². The normalized spacial score (nSPS) is 15.0. The van der Waals surface area contributed by atoms with Crippen LogP contribution in [0.4, 0.5) is 0 Å². The van der Waals surface area contributed by atoms with Crippen LogP contribution in [-0.4, -0.2) is 11.0 Å². The third-order valence-electron chi connectivity index (χ3n) is 3.70. The maximum absolute atomic E-state index is 4.89. The van der Waals surface area contributed by atoms with Gasteiger partial charge in [-0.15, -0.1) is 11.3 Å². The highest BCUT2D eigenvalue weighted by Crippen LogP contribution is 2.32. The van der Waals surface area contributed by atoms with Crippen LogP contribution in [0.15, 0.2) is 24.3 Å². The third kappa shape index (κ3) is 3.10. The lowest BCUT2D eigenvalue weighted by Gasteiger charge is -2.05. The molecular formula is C17H22N2S. The van der Waals surface area contributed by atoms with Gasteiger partial charge in [-0.05, 0) is 25.7 Å². The maximum Gasteiger partial charge on any atom is 0.123 e. The van der Waals surface area contributed by atoms with Crippen molar-refractivity contribution in [3.63, 3.8) is 0 Å². The van der Waals surface area contributed by atoms with Crippen LogP contribution in [0.5, 0.6) is 0 Å². The fourth-order valence-corrected chi connectivity index (χ4v) is 3.46. The monoisotopic (exact) mass is 286 g/mol. The van der Waals surface area contributed by atoms with Crippen LogP contribution < -0.4 is 5.32 Å². The number of hydrogen-bond donors (Lipinski definition) is 1. The Labute approximate surface area is 125 Å². The molecule has 2 nitrogen and oxygen atoms in total. The zero-order valence-corrected chi connectivity index (χ0v) is 13.3. The summed E-state index contributed by atoms with van der Waals surface area (Å²) in [6.07, 6.45) is 2.67. The van der Waals surface area contributed by atoms with Crippen molar-refractivity contribution < 1.29 is 0 Å². The fraction of sp³-hybridized carbons (Fsp3) is 0.471. The summed E-state index contributed by atoms with van der Waals surface area (Å²) in [6, 6.07) is 9.43. The first-order valence-electron chi connectivity index (χ1n) is 7.43. The smallest absolute Gasteiger partial charge is 0.123 e. The van der Waals surface area contributed by atoms with E-state index in [9.17, 15) is 0 Å². The number of nitrogens with one attached hydrogen (secondary N) is 1. The van der Waals surface area contributed by atoms with Gasteiger partial charge in [0.25, 0.3) is 0 Å². The van der Waals surface area contributed by atoms with Crippen LogP contribution in [0.1, 0.15) is 48.7 Å². The molecule has 1 aliphatic rings. The molecule has 1 saturated carbocycles. The first kappa shape index (κ1) is 13.8. The molecule has 1 heterocycles. The molecule has 20 heavy (non-hydrogen) atoms. The van der Waals surface area contributed by atoms with Crippen molar-refractivity contribution in [3.8, 4) is 10.6 Å². The van der Waals surface area contributed by atoms with Crippen LogP contribution in [0.25, 0.3) is 10.6 Å². The molecular weight excluding hydrogens is 264 g/mol. The first-order chi connectivity index (χ1) is 9.63. The second kappa shape index (κ2) is 5.66. The molecule has 0 spiro atoms. The zero-order chi connectivity index (χ0) is 14.1. The van der Waals surface area contributed by atoms with E-state index in [0.717, 1.165) is 17.6 Å². The number of aromatic nitrogens is 1. The minimum absolute atomic E-state index is 0.487. The molecule has 1 fully saturated rings. The van der Waals surface area contributed by atoms with E-state index in [-0.39, 0.29) is 0 Å². The predicted molar refractivity (Wildman–Crippen MR) is 86.2 cm³/mol. The SMILES string of the molecule is Cc1ccc(-c2nc(C(C)C)c(CNC3CC3)s2)cc1. The molecule has 0 unspecified atom stereocenters. The van der Waals surface area contributed by atoms with E-state index in [1.165, 1.54) is 34.5 Å². The van der Waals surface area contributed by atoms with Gasteiger partial charge < -0.3 is 5.32 Å². The number of nitrogens with zero attached hydrogens (tertiary/aromatic N) is 1. The Bertz CT molecular complexity index is 580. The average molecular weight is 286 g/mol. The molecule has 106 valence electrons. The van der Waals surface area contributed by atoms with Gasteiger partial charge in [-0.3, -0.25) is 0 Å². The van der Waals surface area contributed by atoms with E-state index < -0.39 is 0 Å². The van der Waals surface area contributed by atoms with Crippen LogP contribution in [0, 0.1) is 6.92 Å². The van der Waals surface area contributed by atoms with Crippen LogP contribution in [0.2, 0.25) is 0 Å². The molecule has 1 aliphatic carbocycles. The van der Waals surface area contributed by atoms with Crippen molar-refractivity contribution in [2.45, 2.75) is 52.1 Å². The van der Waals surface area contributed by atoms with Gasteiger partial charge in [0.2, 0.25) is 0 Å². The first-order valence-corrected chi connectivity index (χ1v) is 8.25. The highest BCUT2D eigenvalue weighted by Gasteiger charge is 2.22. The molecule has 0 aliphatic heterocycles. The van der Waals surface area contributed by atoms with Gasteiger partial charge in [-0.25, -0.2) is 4.98 Å². The van der Waals surface area contributed by atoms with Gasteiger partial charge in [0, 0.05) is 23.0 Å². The Balaban J connectivity index is 1.86. The van der Waals surface area contributed by atoms with E-state index >= 15 is 0 Å². The third-order valence-corrected chi connectivity index (χ3v) is 4.82. The summed E-state index contributed by atoms with van der Waals surface area (Å²) in [5.41, 5.74) is 3.80. The van der Waals surface area contributed by atoms with Gasteiger partial charge in [-0.2, -0.15) is 0 Å². The van der Waals surface area contributed by atoms with Crippen molar-refractivity contribution in [1.82, 2.24) is 10.3 Å². The summed E-state index contributed by atoms with van der Waals surface area (Å²) in [5.74, 6) is 0.487. The molecule has 3 rings (SSSR count). The molecule has 2 aromatic rings. The molecule has 0 amide bonds. The summed E-state index contributed by atoms with van der Waals surface area (Å²) in [5, 5.41) is 4.77. The Kier molecular flexibility index (Phi) is 3.90. The summed E-state index contributed by atoms with van der Waals surface area (Å²) < 4.78 is 0. The predicted octanol–water partition coefficient (Wildman–Crippen LogP) is 4.49. The highest BCUT2D eigenvalue weighted by molar-refractivity contribution is 7.15. The van der Waals surface area contributed by atoms with Crippen molar-refractivity contribution in [2.75, 3.05) is 0 Å². The van der Waals surface area contributed by atoms with E-state index in [0.29, 0.717) is 5.92 Å². The Morgan fingerprint density at radius 2 is 1.95 bits per heavy atom. The lowest BCUT2D eigenvalue weighted by molar-refractivity contribution is 0.681. The van der Waals surface area contributed by atoms with E-state index in [2.05, 4.69) is 50.4 Å². The van der Waals surface area contributed by atoms with Gasteiger partial charge in [-0.1, -0.05) is 43.7 Å². The molecule has 0 atom stereocenters. The Hall–Kier alpha value is -1.19. The minimum Gasteiger partial charge on any atom is -0.309 e. The molecule has 1 aromatic carbocycles. The van der Waals surface area contributed by atoms with E-state index in [1.807, 2.05) is 11.3 Å².